The highest BCUT2D eigenvalue weighted by Crippen LogP contribution is 1.91. The van der Waals surface area contributed by atoms with Crippen LogP contribution in [0.25, 0.3) is 0 Å². The predicted molar refractivity (Wildman–Crippen MR) is 75.8 cm³/mol. The summed E-state index contributed by atoms with van der Waals surface area (Å²) in [6, 6.07) is 2.93. The molecule has 8 heteroatoms. The van der Waals surface area contributed by atoms with Crippen molar-refractivity contribution in [2.24, 2.45) is 7.05 Å². The molecule has 0 spiro atoms. The van der Waals surface area contributed by atoms with E-state index in [2.05, 4.69) is 10.4 Å². The average Bonchev–Trinajstić information content (AvgIpc) is 2.92. The number of nitrogens with one attached hydrogen (secondary N) is 1. The molecule has 0 bridgehead atoms. The molecule has 0 aromatic carbocycles. The highest BCUT2D eigenvalue weighted by molar-refractivity contribution is 5.75. The number of hydrogen-bond donors (Lipinski definition) is 1. The van der Waals surface area contributed by atoms with Crippen LogP contribution in [0, 0.1) is 0 Å². The topological polar surface area (TPSA) is 90.9 Å². The van der Waals surface area contributed by atoms with E-state index in [0.29, 0.717) is 6.54 Å². The summed E-state index contributed by atoms with van der Waals surface area (Å²) < 4.78 is 3.86. The van der Waals surface area contributed by atoms with E-state index in [1.807, 2.05) is 6.92 Å². The van der Waals surface area contributed by atoms with Gasteiger partial charge in [-0.15, -0.1) is 0 Å². The lowest BCUT2D eigenvalue weighted by Gasteiger charge is -2.14. The maximum Gasteiger partial charge on any atom is 0.331 e. The van der Waals surface area contributed by atoms with Gasteiger partial charge >= 0.3 is 5.69 Å². The second kappa shape index (κ2) is 6.21. The Morgan fingerprint density at radius 1 is 1.38 bits per heavy atom. The zero-order chi connectivity index (χ0) is 15.4. The zero-order valence-corrected chi connectivity index (χ0v) is 11.9. The Morgan fingerprint density at radius 3 is 2.81 bits per heavy atom. The van der Waals surface area contributed by atoms with Crippen molar-refractivity contribution >= 4 is 5.91 Å². The SMILES string of the molecule is C[C@H](Cn1cccn1)NC(=O)Cn1ccc(=O)n(C)c1=O. The lowest BCUT2D eigenvalue weighted by Crippen LogP contribution is -2.42. The molecule has 1 atom stereocenters. The van der Waals surface area contributed by atoms with E-state index in [1.165, 1.54) is 23.9 Å². The Labute approximate surface area is 120 Å². The number of rotatable bonds is 5. The first-order valence-electron chi connectivity index (χ1n) is 6.50. The standard InChI is InChI=1S/C13H17N5O3/c1-10(8-18-6-3-5-14-18)15-11(19)9-17-7-4-12(20)16(2)13(17)21/h3-7,10H,8-9H2,1-2H3,(H,15,19)/t10-/m1/s1. The van der Waals surface area contributed by atoms with Crippen molar-refractivity contribution in [2.75, 3.05) is 0 Å². The van der Waals surface area contributed by atoms with Gasteiger partial charge in [-0.3, -0.25) is 23.4 Å². The van der Waals surface area contributed by atoms with Crippen LogP contribution in [0.2, 0.25) is 0 Å². The number of hydrogen-bond acceptors (Lipinski definition) is 4. The number of carbonyl (C=O) groups is 1. The van der Waals surface area contributed by atoms with E-state index in [0.717, 1.165) is 4.57 Å². The Balaban J connectivity index is 1.97. The molecule has 0 saturated carbocycles. The minimum absolute atomic E-state index is 0.124. The van der Waals surface area contributed by atoms with Crippen molar-refractivity contribution in [3.63, 3.8) is 0 Å². The van der Waals surface area contributed by atoms with Gasteiger partial charge in [-0.2, -0.15) is 5.10 Å². The van der Waals surface area contributed by atoms with Gasteiger partial charge in [0.2, 0.25) is 5.91 Å². The summed E-state index contributed by atoms with van der Waals surface area (Å²) in [6.07, 6.45) is 4.79. The summed E-state index contributed by atoms with van der Waals surface area (Å²) >= 11 is 0. The second-order valence-corrected chi connectivity index (χ2v) is 4.82. The number of carbonyl (C=O) groups excluding carboxylic acids is 1. The first-order valence-corrected chi connectivity index (χ1v) is 6.50. The Bertz CT molecular complexity index is 729. The first kappa shape index (κ1) is 14.8. The molecular formula is C13H17N5O3. The average molecular weight is 291 g/mol. The summed E-state index contributed by atoms with van der Waals surface area (Å²) in [5.74, 6) is -0.296. The fraction of sp³-hybridized carbons (Fsp3) is 0.385. The van der Waals surface area contributed by atoms with Gasteiger partial charge in [0.25, 0.3) is 5.56 Å². The van der Waals surface area contributed by atoms with Gasteiger partial charge in [-0.1, -0.05) is 0 Å². The fourth-order valence-corrected chi connectivity index (χ4v) is 1.95. The minimum atomic E-state index is -0.516. The highest BCUT2D eigenvalue weighted by Gasteiger charge is 2.10. The van der Waals surface area contributed by atoms with Crippen molar-refractivity contribution in [1.29, 1.82) is 0 Å². The molecule has 2 rings (SSSR count). The smallest absolute Gasteiger partial charge is 0.331 e. The van der Waals surface area contributed by atoms with Crippen LogP contribution in [0.1, 0.15) is 6.92 Å². The van der Waals surface area contributed by atoms with E-state index in [1.54, 1.807) is 23.1 Å². The van der Waals surface area contributed by atoms with Crippen molar-refractivity contribution in [3.8, 4) is 0 Å². The van der Waals surface area contributed by atoms with Crippen LogP contribution in [-0.4, -0.2) is 30.9 Å². The molecule has 2 aromatic rings. The van der Waals surface area contributed by atoms with Gasteiger partial charge in [0.05, 0.1) is 6.54 Å². The number of nitrogens with zero attached hydrogens (tertiary/aromatic N) is 4. The quantitative estimate of drug-likeness (QED) is 0.761. The van der Waals surface area contributed by atoms with Crippen molar-refractivity contribution < 1.29 is 4.79 Å². The van der Waals surface area contributed by atoms with Gasteiger partial charge in [-0.25, -0.2) is 4.79 Å². The first-order chi connectivity index (χ1) is 9.97. The molecule has 112 valence electrons. The van der Waals surface area contributed by atoms with E-state index in [4.69, 9.17) is 0 Å². The van der Waals surface area contributed by atoms with Crippen molar-refractivity contribution in [3.05, 3.63) is 51.6 Å². The van der Waals surface area contributed by atoms with Crippen LogP contribution < -0.4 is 16.6 Å². The third kappa shape index (κ3) is 3.68. The summed E-state index contributed by atoms with van der Waals surface area (Å²) in [7, 11) is 1.37. The molecule has 0 fully saturated rings. The van der Waals surface area contributed by atoms with Gasteiger partial charge < -0.3 is 5.32 Å². The van der Waals surface area contributed by atoms with Crippen LogP contribution in [0.3, 0.4) is 0 Å². The van der Waals surface area contributed by atoms with E-state index < -0.39 is 11.2 Å². The van der Waals surface area contributed by atoms with Crippen LogP contribution in [0.4, 0.5) is 0 Å². The fourth-order valence-electron chi connectivity index (χ4n) is 1.95. The molecule has 21 heavy (non-hydrogen) atoms. The molecule has 0 aliphatic carbocycles. The van der Waals surface area contributed by atoms with Gasteiger partial charge in [0.15, 0.2) is 0 Å². The lowest BCUT2D eigenvalue weighted by atomic mass is 10.3. The molecule has 0 unspecified atom stereocenters. The summed E-state index contributed by atoms with van der Waals surface area (Å²) in [5, 5.41) is 6.84. The monoisotopic (exact) mass is 291 g/mol. The largest absolute Gasteiger partial charge is 0.350 e. The van der Waals surface area contributed by atoms with Crippen LogP contribution in [-0.2, 0) is 24.9 Å². The zero-order valence-electron chi connectivity index (χ0n) is 11.9. The van der Waals surface area contributed by atoms with E-state index >= 15 is 0 Å². The normalized spacial score (nSPS) is 12.1. The van der Waals surface area contributed by atoms with E-state index in [9.17, 15) is 14.4 Å². The molecule has 1 N–H and O–H groups in total. The van der Waals surface area contributed by atoms with Gasteiger partial charge in [0, 0.05) is 37.7 Å². The van der Waals surface area contributed by atoms with Gasteiger partial charge in [-0.05, 0) is 13.0 Å². The molecular weight excluding hydrogens is 274 g/mol. The molecule has 0 aliphatic rings. The minimum Gasteiger partial charge on any atom is -0.350 e. The highest BCUT2D eigenvalue weighted by atomic mass is 16.2. The van der Waals surface area contributed by atoms with E-state index in [-0.39, 0.29) is 18.5 Å². The molecule has 2 heterocycles. The summed E-state index contributed by atoms with van der Waals surface area (Å²) in [4.78, 5) is 35.0. The molecule has 0 aliphatic heterocycles. The molecule has 2 aromatic heterocycles. The van der Waals surface area contributed by atoms with Crippen LogP contribution in [0.5, 0.6) is 0 Å². The molecule has 1 amide bonds. The Kier molecular flexibility index (Phi) is 4.36. The third-order valence-electron chi connectivity index (χ3n) is 3.00. The predicted octanol–water partition coefficient (Wildman–Crippen LogP) is -1.05. The molecule has 0 radical (unpaired) electrons. The van der Waals surface area contributed by atoms with Crippen LogP contribution >= 0.6 is 0 Å². The summed E-state index contributed by atoms with van der Waals surface area (Å²) in [5.41, 5.74) is -0.916. The Hall–Kier alpha value is -2.64. The summed E-state index contributed by atoms with van der Waals surface area (Å²) in [6.45, 7) is 2.26. The molecule has 0 saturated heterocycles. The number of aromatic nitrogens is 4. The second-order valence-electron chi connectivity index (χ2n) is 4.82. The van der Waals surface area contributed by atoms with Crippen molar-refractivity contribution in [1.82, 2.24) is 24.2 Å². The maximum atomic E-state index is 11.9. The Morgan fingerprint density at radius 2 is 2.14 bits per heavy atom. The van der Waals surface area contributed by atoms with Gasteiger partial charge in [0.1, 0.15) is 6.54 Å². The van der Waals surface area contributed by atoms with Crippen LogP contribution in [0.15, 0.2) is 40.3 Å². The lowest BCUT2D eigenvalue weighted by molar-refractivity contribution is -0.122. The molecule has 8 nitrogen and oxygen atoms in total. The maximum absolute atomic E-state index is 11.9. The number of amides is 1. The van der Waals surface area contributed by atoms with Crippen molar-refractivity contribution in [2.45, 2.75) is 26.1 Å². The third-order valence-corrected chi connectivity index (χ3v) is 3.00.